The number of hydrogen-bond acceptors (Lipinski definition) is 6. The molecule has 4 rings (SSSR count). The lowest BCUT2D eigenvalue weighted by atomic mass is 10.1. The molecule has 0 aliphatic rings. The number of rotatable bonds is 4. The van der Waals surface area contributed by atoms with Gasteiger partial charge in [0.25, 0.3) is 11.4 Å². The van der Waals surface area contributed by atoms with Crippen molar-refractivity contribution in [2.75, 3.05) is 0 Å². The fraction of sp³-hybridized carbons (Fsp3) is 0.0526. The molecule has 0 aliphatic carbocycles. The van der Waals surface area contributed by atoms with Gasteiger partial charge in [-0.25, -0.2) is 9.36 Å². The summed E-state index contributed by atoms with van der Waals surface area (Å²) in [4.78, 5) is 25.5. The molecule has 0 fully saturated rings. The summed E-state index contributed by atoms with van der Waals surface area (Å²) in [5, 5.41) is 21.5. The van der Waals surface area contributed by atoms with Crippen molar-refractivity contribution in [1.29, 1.82) is 0 Å². The van der Waals surface area contributed by atoms with Gasteiger partial charge in [-0.05, 0) is 11.5 Å². The zero-order valence-electron chi connectivity index (χ0n) is 13.9. The number of aromatic amines is 1. The number of nitrogens with one attached hydrogen (secondary N) is 1. The Morgan fingerprint density at radius 2 is 1.85 bits per heavy atom. The van der Waals surface area contributed by atoms with Crippen molar-refractivity contribution in [2.45, 2.75) is 6.61 Å². The van der Waals surface area contributed by atoms with Crippen LogP contribution in [-0.4, -0.2) is 19.8 Å². The van der Waals surface area contributed by atoms with E-state index in [0.717, 1.165) is 21.4 Å². The molecule has 0 amide bonds. The molecule has 0 saturated heterocycles. The molecule has 2 aromatic carbocycles. The maximum atomic E-state index is 12.1. The Balaban J connectivity index is 1.91. The summed E-state index contributed by atoms with van der Waals surface area (Å²) >= 11 is 0. The summed E-state index contributed by atoms with van der Waals surface area (Å²) in [6.45, 7) is -0.601. The van der Waals surface area contributed by atoms with Crippen molar-refractivity contribution in [3.05, 3.63) is 81.3 Å². The lowest BCUT2D eigenvalue weighted by molar-refractivity contribution is 0.238. The van der Waals surface area contributed by atoms with Crippen LogP contribution in [-0.2, 0) is 6.61 Å². The van der Waals surface area contributed by atoms with Crippen molar-refractivity contribution in [3.63, 3.8) is 0 Å². The molecule has 0 radical (unpaired) electrons. The Bertz CT molecular complexity index is 1250. The molecule has 27 heavy (non-hydrogen) atoms. The smallest absolute Gasteiger partial charge is 0.335 e. The lowest BCUT2D eigenvalue weighted by Crippen LogP contribution is -2.27. The molecule has 0 saturated carbocycles. The number of fused-ring (bicyclic) bond motifs is 1. The second kappa shape index (κ2) is 6.50. The first kappa shape index (κ1) is 16.7. The van der Waals surface area contributed by atoms with Crippen LogP contribution < -0.4 is 16.0 Å². The van der Waals surface area contributed by atoms with Gasteiger partial charge in [0.15, 0.2) is 5.76 Å². The first-order valence-electron chi connectivity index (χ1n) is 8.02. The predicted molar refractivity (Wildman–Crippen MR) is 96.5 cm³/mol. The second-order valence-electron chi connectivity index (χ2n) is 5.73. The van der Waals surface area contributed by atoms with Gasteiger partial charge in [-0.15, -0.1) is 0 Å². The Kier molecular flexibility index (Phi) is 4.02. The highest BCUT2D eigenvalue weighted by Crippen LogP contribution is 2.43. The van der Waals surface area contributed by atoms with Crippen LogP contribution in [0.25, 0.3) is 16.7 Å². The fourth-order valence-electron chi connectivity index (χ4n) is 2.77. The molecule has 8 heteroatoms. The van der Waals surface area contributed by atoms with Gasteiger partial charge < -0.3 is 19.4 Å². The summed E-state index contributed by atoms with van der Waals surface area (Å²) in [7, 11) is 0. The van der Waals surface area contributed by atoms with Gasteiger partial charge >= 0.3 is 5.69 Å². The maximum absolute atomic E-state index is 12.1. The van der Waals surface area contributed by atoms with Crippen molar-refractivity contribution in [1.82, 2.24) is 9.55 Å². The van der Waals surface area contributed by atoms with Gasteiger partial charge in [-0.3, -0.25) is 9.78 Å². The first-order valence-corrected chi connectivity index (χ1v) is 8.02. The normalized spacial score (nSPS) is 11.0. The molecule has 0 unspecified atom stereocenters. The van der Waals surface area contributed by atoms with Gasteiger partial charge in [0.2, 0.25) is 11.5 Å². The van der Waals surface area contributed by atoms with Gasteiger partial charge in [0.05, 0.1) is 0 Å². The maximum Gasteiger partial charge on any atom is 0.335 e. The summed E-state index contributed by atoms with van der Waals surface area (Å²) in [5.74, 6) is -0.487. The highest BCUT2D eigenvalue weighted by atomic mass is 16.5. The average Bonchev–Trinajstić information content (AvgIpc) is 2.98. The van der Waals surface area contributed by atoms with E-state index < -0.39 is 23.6 Å². The summed E-state index contributed by atoms with van der Waals surface area (Å²) < 4.78 is 12.2. The van der Waals surface area contributed by atoms with Crippen LogP contribution in [0, 0.1) is 0 Å². The second-order valence-corrected chi connectivity index (χ2v) is 5.73. The van der Waals surface area contributed by atoms with Crippen molar-refractivity contribution >= 4 is 10.8 Å². The van der Waals surface area contributed by atoms with Crippen molar-refractivity contribution in [2.24, 2.45) is 0 Å². The third-order valence-corrected chi connectivity index (χ3v) is 4.04. The topological polar surface area (TPSA) is 118 Å². The zero-order valence-corrected chi connectivity index (χ0v) is 13.9. The SMILES string of the molecule is O=c1ccn(-c2oc(CO)c(O)c2Oc2cccc3ccccc23)c(=O)[nH]1. The Morgan fingerprint density at radius 3 is 2.63 bits per heavy atom. The number of benzene rings is 2. The molecule has 2 heterocycles. The van der Waals surface area contributed by atoms with Crippen LogP contribution in [0.3, 0.4) is 0 Å². The third-order valence-electron chi connectivity index (χ3n) is 4.04. The van der Waals surface area contributed by atoms with Crippen molar-refractivity contribution < 1.29 is 19.4 Å². The van der Waals surface area contributed by atoms with Crippen LogP contribution in [0.15, 0.2) is 68.7 Å². The standard InChI is InChI=1S/C19H14N2O6/c22-10-14-16(24)17(18(27-14)21-9-8-15(23)20-19(21)25)26-13-7-3-5-11-4-1-2-6-12(11)13/h1-9,22,24H,10H2,(H,20,23,25). The van der Waals surface area contributed by atoms with Gasteiger partial charge in [0, 0.05) is 17.6 Å². The Morgan fingerprint density at radius 1 is 1.07 bits per heavy atom. The molecule has 0 spiro atoms. The van der Waals surface area contributed by atoms with Crippen LogP contribution in [0.1, 0.15) is 5.76 Å². The number of ether oxygens (including phenoxy) is 1. The first-order chi connectivity index (χ1) is 13.1. The highest BCUT2D eigenvalue weighted by molar-refractivity contribution is 5.88. The Hall–Kier alpha value is -3.78. The summed E-state index contributed by atoms with van der Waals surface area (Å²) in [5.41, 5.74) is -1.35. The van der Waals surface area contributed by atoms with E-state index in [-0.39, 0.29) is 17.4 Å². The van der Waals surface area contributed by atoms with E-state index >= 15 is 0 Å². The van der Waals surface area contributed by atoms with E-state index in [9.17, 15) is 19.8 Å². The minimum absolute atomic E-state index is 0.149. The van der Waals surface area contributed by atoms with Crippen LogP contribution in [0.2, 0.25) is 0 Å². The third kappa shape index (κ3) is 2.87. The quantitative estimate of drug-likeness (QED) is 0.510. The molecular weight excluding hydrogens is 352 g/mol. The average molecular weight is 366 g/mol. The molecule has 8 nitrogen and oxygen atoms in total. The minimum atomic E-state index is -0.775. The van der Waals surface area contributed by atoms with Gasteiger partial charge in [-0.2, -0.15) is 0 Å². The van der Waals surface area contributed by atoms with Gasteiger partial charge in [-0.1, -0.05) is 36.4 Å². The summed E-state index contributed by atoms with van der Waals surface area (Å²) in [6, 6.07) is 14.0. The highest BCUT2D eigenvalue weighted by Gasteiger charge is 2.24. The number of H-pyrrole nitrogens is 1. The predicted octanol–water partition coefficient (Wildman–Crippen LogP) is 2.26. The molecule has 0 bridgehead atoms. The Labute approximate surface area is 151 Å². The molecule has 136 valence electrons. The molecule has 2 aromatic heterocycles. The number of aromatic hydroxyl groups is 1. The van der Waals surface area contributed by atoms with E-state index in [1.54, 1.807) is 12.1 Å². The van der Waals surface area contributed by atoms with Crippen molar-refractivity contribution in [3.8, 4) is 23.1 Å². The molecule has 3 N–H and O–H groups in total. The monoisotopic (exact) mass is 366 g/mol. The molecule has 4 aromatic rings. The molecule has 0 atom stereocenters. The van der Waals surface area contributed by atoms with E-state index in [2.05, 4.69) is 4.98 Å². The van der Waals surface area contributed by atoms with Crippen LogP contribution >= 0.6 is 0 Å². The number of aromatic nitrogens is 2. The zero-order chi connectivity index (χ0) is 19.0. The number of furan rings is 1. The van der Waals surface area contributed by atoms with E-state index in [4.69, 9.17) is 9.15 Å². The van der Waals surface area contributed by atoms with E-state index in [0.29, 0.717) is 5.75 Å². The number of nitrogens with zero attached hydrogens (tertiary/aromatic N) is 1. The summed E-state index contributed by atoms with van der Waals surface area (Å²) in [6.07, 6.45) is 1.19. The number of aliphatic hydroxyl groups is 1. The lowest BCUT2D eigenvalue weighted by Gasteiger charge is -2.10. The number of aliphatic hydroxyl groups excluding tert-OH is 1. The van der Waals surface area contributed by atoms with Gasteiger partial charge in [0.1, 0.15) is 12.4 Å². The molecule has 0 aliphatic heterocycles. The largest absolute Gasteiger partial charge is 0.502 e. The minimum Gasteiger partial charge on any atom is -0.502 e. The van der Waals surface area contributed by atoms with Crippen LogP contribution in [0.5, 0.6) is 17.2 Å². The van der Waals surface area contributed by atoms with E-state index in [1.807, 2.05) is 30.3 Å². The van der Waals surface area contributed by atoms with Crippen LogP contribution in [0.4, 0.5) is 0 Å². The fourth-order valence-corrected chi connectivity index (χ4v) is 2.77. The van der Waals surface area contributed by atoms with E-state index in [1.165, 1.54) is 6.20 Å². The molecular formula is C19H14N2O6. The number of hydrogen-bond donors (Lipinski definition) is 3.